The summed E-state index contributed by atoms with van der Waals surface area (Å²) in [5, 5.41) is 16.5. The summed E-state index contributed by atoms with van der Waals surface area (Å²) in [5.41, 5.74) is 1.63. The van der Waals surface area contributed by atoms with Gasteiger partial charge in [0.25, 0.3) is 5.56 Å². The summed E-state index contributed by atoms with van der Waals surface area (Å²) in [6, 6.07) is 3.37. The third-order valence-electron chi connectivity index (χ3n) is 7.21. The van der Waals surface area contributed by atoms with Crippen molar-refractivity contribution in [2.45, 2.75) is 78.1 Å². The number of carbonyl (C=O) groups is 1. The number of phenolic OH excluding ortho intramolecular Hbond substituents is 1. The number of pyridine rings is 1. The highest BCUT2D eigenvalue weighted by Gasteiger charge is 2.37. The lowest BCUT2D eigenvalue weighted by atomic mass is 9.92. The van der Waals surface area contributed by atoms with Crippen molar-refractivity contribution in [3.8, 4) is 17.1 Å². The number of hydrogen-bond donors (Lipinski definition) is 1. The Balaban J connectivity index is 1.46. The normalized spacial score (nSPS) is 20.3. The number of carbonyl (C=O) groups excluding carboxylic acids is 1. The van der Waals surface area contributed by atoms with Crippen molar-refractivity contribution in [2.24, 2.45) is 7.05 Å². The molecule has 0 saturated carbocycles. The van der Waals surface area contributed by atoms with E-state index in [4.69, 9.17) is 4.74 Å². The van der Waals surface area contributed by atoms with E-state index in [1.54, 1.807) is 20.3 Å². The Hall–Kier alpha value is -3.95. The zero-order valence-corrected chi connectivity index (χ0v) is 22.9. The van der Waals surface area contributed by atoms with Gasteiger partial charge in [-0.25, -0.2) is 14.8 Å². The van der Waals surface area contributed by atoms with Crippen LogP contribution in [0.3, 0.4) is 0 Å². The number of aromatic hydroxyl groups is 1. The molecule has 0 aliphatic carbocycles. The molecule has 38 heavy (non-hydrogen) atoms. The van der Waals surface area contributed by atoms with Crippen LogP contribution in [0.2, 0.25) is 0 Å². The van der Waals surface area contributed by atoms with Crippen LogP contribution in [0.15, 0.2) is 35.5 Å². The number of benzene rings is 1. The number of piperidine rings is 1. The smallest absolute Gasteiger partial charge is 0.410 e. The van der Waals surface area contributed by atoms with Crippen LogP contribution in [0.5, 0.6) is 5.75 Å². The van der Waals surface area contributed by atoms with Gasteiger partial charge in [0.2, 0.25) is 0 Å². The second-order valence-corrected chi connectivity index (χ2v) is 11.4. The summed E-state index contributed by atoms with van der Waals surface area (Å²) < 4.78 is 9.04. The van der Waals surface area contributed by atoms with Crippen molar-refractivity contribution in [3.05, 3.63) is 46.6 Å². The van der Waals surface area contributed by atoms with E-state index >= 15 is 0 Å². The van der Waals surface area contributed by atoms with Gasteiger partial charge in [0.1, 0.15) is 11.4 Å². The maximum Gasteiger partial charge on any atom is 0.410 e. The van der Waals surface area contributed by atoms with Gasteiger partial charge in [-0.3, -0.25) is 9.48 Å². The van der Waals surface area contributed by atoms with E-state index in [0.717, 1.165) is 10.9 Å². The van der Waals surface area contributed by atoms with Gasteiger partial charge < -0.3 is 19.3 Å². The molecule has 1 aliphatic heterocycles. The number of ether oxygens (including phenoxy) is 1. The van der Waals surface area contributed by atoms with Gasteiger partial charge >= 0.3 is 6.09 Å². The van der Waals surface area contributed by atoms with Crippen LogP contribution >= 0.6 is 0 Å². The largest absolute Gasteiger partial charge is 0.507 e. The molecule has 0 spiro atoms. The first kappa shape index (κ1) is 25.7. The summed E-state index contributed by atoms with van der Waals surface area (Å²) in [6.07, 6.45) is 6.11. The van der Waals surface area contributed by atoms with Crippen LogP contribution in [-0.2, 0) is 11.8 Å². The average molecular weight is 519 g/mol. The molecule has 1 fully saturated rings. The highest BCUT2D eigenvalue weighted by Crippen LogP contribution is 2.36. The molecule has 0 bridgehead atoms. The number of fused-ring (bicyclic) bond motifs is 2. The van der Waals surface area contributed by atoms with Gasteiger partial charge in [-0.05, 0) is 66.5 Å². The van der Waals surface area contributed by atoms with E-state index in [1.165, 1.54) is 6.20 Å². The minimum absolute atomic E-state index is 0.0728. The molecule has 1 aliphatic rings. The third kappa shape index (κ3) is 4.48. The zero-order chi connectivity index (χ0) is 27.5. The molecule has 200 valence electrons. The van der Waals surface area contributed by atoms with Crippen LogP contribution in [0.25, 0.3) is 33.2 Å². The van der Waals surface area contributed by atoms with Crippen LogP contribution in [0.1, 0.15) is 59.1 Å². The number of rotatable bonds is 2. The number of phenols is 1. The van der Waals surface area contributed by atoms with Gasteiger partial charge in [0.05, 0.1) is 22.0 Å². The SMILES string of the molecule is Cc1c(O)c(-c2ncc3c(=O)n(C4C[C@H](C)N(C(=O)OC(C)(C)C)[C@@H](C)C4)ccc3n2)cc2cn(C)nc12. The summed E-state index contributed by atoms with van der Waals surface area (Å²) in [6.45, 7) is 11.4. The van der Waals surface area contributed by atoms with Crippen LogP contribution in [0.4, 0.5) is 4.79 Å². The molecule has 4 aromatic rings. The van der Waals surface area contributed by atoms with E-state index in [0.29, 0.717) is 40.7 Å². The van der Waals surface area contributed by atoms with E-state index in [1.807, 2.05) is 66.9 Å². The van der Waals surface area contributed by atoms with Crippen LogP contribution < -0.4 is 5.56 Å². The Bertz CT molecular complexity index is 1600. The van der Waals surface area contributed by atoms with Crippen molar-refractivity contribution in [1.29, 1.82) is 0 Å². The van der Waals surface area contributed by atoms with Gasteiger partial charge in [-0.2, -0.15) is 5.10 Å². The lowest BCUT2D eigenvalue weighted by Gasteiger charge is -2.43. The van der Waals surface area contributed by atoms with Gasteiger partial charge in [-0.1, -0.05) is 0 Å². The predicted octanol–water partition coefficient (Wildman–Crippen LogP) is 4.71. The first-order chi connectivity index (χ1) is 17.8. The Morgan fingerprint density at radius 1 is 1.18 bits per heavy atom. The van der Waals surface area contributed by atoms with Crippen LogP contribution in [-0.4, -0.2) is 58.1 Å². The minimum atomic E-state index is -0.569. The first-order valence-electron chi connectivity index (χ1n) is 12.9. The van der Waals surface area contributed by atoms with Gasteiger partial charge in [-0.15, -0.1) is 0 Å². The van der Waals surface area contributed by atoms with Crippen molar-refractivity contribution in [1.82, 2.24) is 29.2 Å². The van der Waals surface area contributed by atoms with E-state index in [9.17, 15) is 14.7 Å². The molecule has 1 saturated heterocycles. The highest BCUT2D eigenvalue weighted by atomic mass is 16.6. The topological polar surface area (TPSA) is 115 Å². The molecule has 10 nitrogen and oxygen atoms in total. The maximum atomic E-state index is 13.5. The molecule has 1 aromatic carbocycles. The molecule has 5 rings (SSSR count). The van der Waals surface area contributed by atoms with Gasteiger partial charge in [0, 0.05) is 54.7 Å². The van der Waals surface area contributed by atoms with Crippen molar-refractivity contribution >= 4 is 27.9 Å². The molecule has 0 radical (unpaired) electrons. The Morgan fingerprint density at radius 2 is 1.87 bits per heavy atom. The van der Waals surface area contributed by atoms with E-state index in [2.05, 4.69) is 15.1 Å². The summed E-state index contributed by atoms with van der Waals surface area (Å²) in [4.78, 5) is 37.1. The molecular formula is C28H34N6O4. The standard InChI is InChI=1S/C28H34N6O4/c1-15-10-19(11-16(2)34(15)27(37)38-28(4,5)6)33-9-8-22-21(26(33)36)13-29-25(30-22)20-12-18-14-32(7)31-23(18)17(3)24(20)35/h8-9,12-16,19,35H,10-11H2,1-7H3/t15-,16-/m0/s1. The number of aromatic nitrogens is 5. The number of hydrogen-bond acceptors (Lipinski definition) is 7. The third-order valence-corrected chi connectivity index (χ3v) is 7.21. The molecule has 0 unspecified atom stereocenters. The molecule has 4 heterocycles. The number of likely N-dealkylation sites (tertiary alicyclic amines) is 1. The summed E-state index contributed by atoms with van der Waals surface area (Å²) in [7, 11) is 1.83. The Kier molecular flexibility index (Phi) is 6.16. The molecule has 3 aromatic heterocycles. The molecule has 10 heteroatoms. The average Bonchev–Trinajstić information content (AvgIpc) is 3.20. The van der Waals surface area contributed by atoms with E-state index < -0.39 is 5.60 Å². The molecule has 1 amide bonds. The van der Waals surface area contributed by atoms with Gasteiger partial charge in [0.15, 0.2) is 5.82 Å². The second kappa shape index (κ2) is 9.11. The maximum absolute atomic E-state index is 13.5. The first-order valence-corrected chi connectivity index (χ1v) is 12.9. The van der Waals surface area contributed by atoms with Crippen molar-refractivity contribution in [2.75, 3.05) is 0 Å². The van der Waals surface area contributed by atoms with E-state index in [-0.39, 0.29) is 35.5 Å². The lowest BCUT2D eigenvalue weighted by molar-refractivity contribution is -0.00633. The fourth-order valence-corrected chi connectivity index (χ4v) is 5.52. The Labute approximate surface area is 220 Å². The summed E-state index contributed by atoms with van der Waals surface area (Å²) >= 11 is 0. The Morgan fingerprint density at radius 3 is 2.53 bits per heavy atom. The quantitative estimate of drug-likeness (QED) is 0.409. The molecule has 1 N–H and O–H groups in total. The van der Waals surface area contributed by atoms with Crippen LogP contribution in [0, 0.1) is 6.92 Å². The summed E-state index contributed by atoms with van der Waals surface area (Å²) in [5.74, 6) is 0.414. The minimum Gasteiger partial charge on any atom is -0.507 e. The monoisotopic (exact) mass is 518 g/mol. The fraction of sp³-hybridized carbons (Fsp3) is 0.464. The molecule has 2 atom stereocenters. The molecular weight excluding hydrogens is 484 g/mol. The van der Waals surface area contributed by atoms with Crippen molar-refractivity contribution in [3.63, 3.8) is 0 Å². The predicted molar refractivity (Wildman–Crippen MR) is 145 cm³/mol. The zero-order valence-electron chi connectivity index (χ0n) is 22.9. The number of amides is 1. The highest BCUT2D eigenvalue weighted by molar-refractivity contribution is 5.90. The lowest BCUT2D eigenvalue weighted by Crippen LogP contribution is -2.52. The number of aryl methyl sites for hydroxylation is 2. The second-order valence-electron chi connectivity index (χ2n) is 11.4. The van der Waals surface area contributed by atoms with Crippen molar-refractivity contribution < 1.29 is 14.6 Å². The fourth-order valence-electron chi connectivity index (χ4n) is 5.52. The number of nitrogens with zero attached hydrogens (tertiary/aromatic N) is 6.